The molecule has 0 aliphatic carbocycles. The van der Waals surface area contributed by atoms with Crippen LogP contribution in [0.3, 0.4) is 0 Å². The lowest BCUT2D eigenvalue weighted by molar-refractivity contribution is 1.25. The first-order valence-corrected chi connectivity index (χ1v) is 5.56. The average molecular weight is 208 g/mol. The second-order valence-electron chi connectivity index (χ2n) is 4.07. The molecule has 0 nitrogen and oxygen atoms in total. The summed E-state index contributed by atoms with van der Waals surface area (Å²) in [5, 5.41) is 0. The summed E-state index contributed by atoms with van der Waals surface area (Å²) in [5.74, 6) is 0. The minimum atomic E-state index is 0.932. The van der Waals surface area contributed by atoms with E-state index in [0.29, 0.717) is 0 Å². The topological polar surface area (TPSA) is 0 Å². The van der Waals surface area contributed by atoms with E-state index in [2.05, 4.69) is 56.0 Å². The van der Waals surface area contributed by atoms with E-state index in [-0.39, 0.29) is 0 Å². The number of aryl methyl sites for hydroxylation is 1. The van der Waals surface area contributed by atoms with E-state index >= 15 is 0 Å². The molecule has 0 saturated carbocycles. The molecular weight excluding hydrogens is 192 g/mol. The highest BCUT2D eigenvalue weighted by Crippen LogP contribution is 2.22. The Balaban J connectivity index is 2.45. The number of hydrogen-bond donors (Lipinski definition) is 0. The molecule has 0 aromatic heterocycles. The number of benzene rings is 2. The number of hydrogen-bond acceptors (Lipinski definition) is 0. The quantitative estimate of drug-likeness (QED) is 0.656. The van der Waals surface area contributed by atoms with Gasteiger partial charge in [-0.3, -0.25) is 0 Å². The van der Waals surface area contributed by atoms with Gasteiger partial charge in [0.15, 0.2) is 0 Å². The van der Waals surface area contributed by atoms with Gasteiger partial charge in [0.25, 0.3) is 0 Å². The molecule has 0 radical (unpaired) electrons. The fourth-order valence-electron chi connectivity index (χ4n) is 1.94. The standard InChI is InChI=1S/C16H16/c1-3-7-14-10-13(2)11-16(12-14)15-8-5-4-6-9-15/h3-6,8-12H,1,7H2,2H3. The Morgan fingerprint density at radius 3 is 2.44 bits per heavy atom. The second-order valence-corrected chi connectivity index (χ2v) is 4.07. The van der Waals surface area contributed by atoms with Gasteiger partial charge >= 0.3 is 0 Å². The molecule has 0 heteroatoms. The van der Waals surface area contributed by atoms with Crippen LogP contribution < -0.4 is 0 Å². The highest BCUT2D eigenvalue weighted by Gasteiger charge is 1.99. The summed E-state index contributed by atoms with van der Waals surface area (Å²) in [6, 6.07) is 17.2. The minimum Gasteiger partial charge on any atom is -0.103 e. The minimum absolute atomic E-state index is 0.932. The van der Waals surface area contributed by atoms with Gasteiger partial charge in [-0.25, -0.2) is 0 Å². The molecule has 0 fully saturated rings. The Morgan fingerprint density at radius 1 is 1.00 bits per heavy atom. The molecule has 0 heterocycles. The van der Waals surface area contributed by atoms with Crippen LogP contribution in [0.4, 0.5) is 0 Å². The van der Waals surface area contributed by atoms with Crippen molar-refractivity contribution in [2.75, 3.05) is 0 Å². The zero-order valence-corrected chi connectivity index (χ0v) is 9.61. The van der Waals surface area contributed by atoms with Crippen LogP contribution in [-0.4, -0.2) is 0 Å². The first-order valence-electron chi connectivity index (χ1n) is 5.56. The number of rotatable bonds is 3. The van der Waals surface area contributed by atoms with Crippen molar-refractivity contribution >= 4 is 0 Å². The molecule has 0 bridgehead atoms. The Labute approximate surface area is 97.3 Å². The molecule has 0 saturated heterocycles. The summed E-state index contributed by atoms with van der Waals surface area (Å²) >= 11 is 0. The summed E-state index contributed by atoms with van der Waals surface area (Å²) in [6.45, 7) is 5.93. The van der Waals surface area contributed by atoms with E-state index in [4.69, 9.17) is 0 Å². The van der Waals surface area contributed by atoms with Crippen molar-refractivity contribution in [2.24, 2.45) is 0 Å². The van der Waals surface area contributed by atoms with Gasteiger partial charge in [0, 0.05) is 0 Å². The fourth-order valence-corrected chi connectivity index (χ4v) is 1.94. The Kier molecular flexibility index (Phi) is 3.21. The summed E-state index contributed by atoms with van der Waals surface area (Å²) in [6.07, 6.45) is 2.88. The maximum Gasteiger partial charge on any atom is -0.00998 e. The zero-order chi connectivity index (χ0) is 11.4. The van der Waals surface area contributed by atoms with Crippen molar-refractivity contribution in [3.05, 3.63) is 72.3 Å². The largest absolute Gasteiger partial charge is 0.103 e. The van der Waals surface area contributed by atoms with E-state index in [9.17, 15) is 0 Å². The third-order valence-corrected chi connectivity index (χ3v) is 2.62. The van der Waals surface area contributed by atoms with Crippen LogP contribution in [-0.2, 0) is 6.42 Å². The Bertz CT molecular complexity index is 481. The van der Waals surface area contributed by atoms with Crippen molar-refractivity contribution < 1.29 is 0 Å². The van der Waals surface area contributed by atoms with Crippen LogP contribution in [0.25, 0.3) is 11.1 Å². The highest BCUT2D eigenvalue weighted by molar-refractivity contribution is 5.65. The average Bonchev–Trinajstić information content (AvgIpc) is 2.30. The van der Waals surface area contributed by atoms with Crippen LogP contribution in [0.15, 0.2) is 61.2 Å². The molecule has 80 valence electrons. The SMILES string of the molecule is C=CCc1cc(C)cc(-c2ccccc2)c1. The Hall–Kier alpha value is -1.82. The van der Waals surface area contributed by atoms with Crippen molar-refractivity contribution in [2.45, 2.75) is 13.3 Å². The lowest BCUT2D eigenvalue weighted by Crippen LogP contribution is -1.86. The summed E-state index contributed by atoms with van der Waals surface area (Å²) < 4.78 is 0. The van der Waals surface area contributed by atoms with E-state index in [0.717, 1.165) is 6.42 Å². The smallest absolute Gasteiger partial charge is 0.00998 e. The highest BCUT2D eigenvalue weighted by atomic mass is 14.0. The van der Waals surface area contributed by atoms with Crippen LogP contribution in [0.1, 0.15) is 11.1 Å². The molecule has 0 N–H and O–H groups in total. The third-order valence-electron chi connectivity index (χ3n) is 2.62. The van der Waals surface area contributed by atoms with Gasteiger partial charge in [0.2, 0.25) is 0 Å². The maximum absolute atomic E-state index is 3.79. The lowest BCUT2D eigenvalue weighted by atomic mass is 9.99. The van der Waals surface area contributed by atoms with Gasteiger partial charge in [-0.05, 0) is 30.0 Å². The van der Waals surface area contributed by atoms with Gasteiger partial charge < -0.3 is 0 Å². The van der Waals surface area contributed by atoms with E-state index in [1.807, 2.05) is 12.1 Å². The van der Waals surface area contributed by atoms with Crippen molar-refractivity contribution in [1.82, 2.24) is 0 Å². The molecule has 0 spiro atoms. The molecule has 0 unspecified atom stereocenters. The molecule has 2 aromatic rings. The van der Waals surface area contributed by atoms with E-state index < -0.39 is 0 Å². The van der Waals surface area contributed by atoms with Crippen LogP contribution >= 0.6 is 0 Å². The first kappa shape index (κ1) is 10.7. The fraction of sp³-hybridized carbons (Fsp3) is 0.125. The Morgan fingerprint density at radius 2 is 1.75 bits per heavy atom. The van der Waals surface area contributed by atoms with Crippen molar-refractivity contribution in [1.29, 1.82) is 0 Å². The van der Waals surface area contributed by atoms with Crippen LogP contribution in [0, 0.1) is 6.92 Å². The monoisotopic (exact) mass is 208 g/mol. The van der Waals surface area contributed by atoms with Crippen molar-refractivity contribution in [3.63, 3.8) is 0 Å². The second kappa shape index (κ2) is 4.80. The van der Waals surface area contributed by atoms with Gasteiger partial charge in [0.05, 0.1) is 0 Å². The summed E-state index contributed by atoms with van der Waals surface area (Å²) in [4.78, 5) is 0. The van der Waals surface area contributed by atoms with Gasteiger partial charge in [-0.2, -0.15) is 0 Å². The van der Waals surface area contributed by atoms with Gasteiger partial charge in [0.1, 0.15) is 0 Å². The van der Waals surface area contributed by atoms with Crippen molar-refractivity contribution in [3.8, 4) is 11.1 Å². The van der Waals surface area contributed by atoms with E-state index in [1.54, 1.807) is 0 Å². The lowest BCUT2D eigenvalue weighted by Gasteiger charge is -2.06. The molecule has 0 aliphatic rings. The molecule has 0 atom stereocenters. The normalized spacial score (nSPS) is 10.1. The van der Waals surface area contributed by atoms with Crippen LogP contribution in [0.2, 0.25) is 0 Å². The molecular formula is C16H16. The molecule has 0 amide bonds. The number of allylic oxidation sites excluding steroid dienone is 1. The van der Waals surface area contributed by atoms with Gasteiger partial charge in [-0.1, -0.05) is 60.2 Å². The molecule has 2 rings (SSSR count). The first-order chi connectivity index (χ1) is 7.79. The molecule has 16 heavy (non-hydrogen) atoms. The third kappa shape index (κ3) is 2.40. The van der Waals surface area contributed by atoms with Crippen LogP contribution in [0.5, 0.6) is 0 Å². The predicted octanol–water partition coefficient (Wildman–Crippen LogP) is 4.39. The van der Waals surface area contributed by atoms with Gasteiger partial charge in [-0.15, -0.1) is 6.58 Å². The maximum atomic E-state index is 3.79. The summed E-state index contributed by atoms with van der Waals surface area (Å²) in [5.41, 5.74) is 5.20. The predicted molar refractivity (Wildman–Crippen MR) is 70.5 cm³/mol. The summed E-state index contributed by atoms with van der Waals surface area (Å²) in [7, 11) is 0. The van der Waals surface area contributed by atoms with E-state index in [1.165, 1.54) is 22.3 Å². The zero-order valence-electron chi connectivity index (χ0n) is 9.61. The molecule has 0 aliphatic heterocycles. The molecule has 2 aromatic carbocycles.